The van der Waals surface area contributed by atoms with Crippen LogP contribution in [-0.4, -0.2) is 13.1 Å². The Labute approximate surface area is 126 Å². The molecule has 3 heteroatoms. The Hall–Kier alpha value is -2.00. The van der Waals surface area contributed by atoms with E-state index in [0.717, 1.165) is 30.8 Å². The van der Waals surface area contributed by atoms with Crippen LogP contribution in [0.25, 0.3) is 0 Å². The van der Waals surface area contributed by atoms with Crippen molar-refractivity contribution in [3.63, 3.8) is 0 Å². The van der Waals surface area contributed by atoms with Crippen LogP contribution >= 0.6 is 0 Å². The van der Waals surface area contributed by atoms with Gasteiger partial charge in [0.1, 0.15) is 11.9 Å². The third kappa shape index (κ3) is 2.88. The highest BCUT2D eigenvalue weighted by Gasteiger charge is 2.26. The second kappa shape index (κ2) is 6.19. The molecule has 0 aliphatic carbocycles. The van der Waals surface area contributed by atoms with Crippen molar-refractivity contribution < 1.29 is 4.74 Å². The molecule has 0 bridgehead atoms. The highest BCUT2D eigenvalue weighted by atomic mass is 16.5. The SMILES string of the molecule is CCCN1CC(c2ccccc2)Oc2cc(CN)ccc21. The summed E-state index contributed by atoms with van der Waals surface area (Å²) in [4.78, 5) is 2.41. The summed E-state index contributed by atoms with van der Waals surface area (Å²) < 4.78 is 6.24. The number of ether oxygens (including phenoxy) is 1. The molecule has 0 saturated heterocycles. The van der Waals surface area contributed by atoms with Gasteiger partial charge < -0.3 is 15.4 Å². The summed E-state index contributed by atoms with van der Waals surface area (Å²) in [5.74, 6) is 0.950. The number of anilines is 1. The molecular weight excluding hydrogens is 260 g/mol. The van der Waals surface area contributed by atoms with Crippen LogP contribution in [0.3, 0.4) is 0 Å². The molecular formula is C18H22N2O. The van der Waals surface area contributed by atoms with Gasteiger partial charge in [-0.2, -0.15) is 0 Å². The fourth-order valence-electron chi connectivity index (χ4n) is 2.85. The molecule has 1 heterocycles. The Morgan fingerprint density at radius 2 is 2.00 bits per heavy atom. The van der Waals surface area contributed by atoms with Crippen molar-refractivity contribution in [1.82, 2.24) is 0 Å². The molecule has 1 aliphatic heterocycles. The smallest absolute Gasteiger partial charge is 0.143 e. The lowest BCUT2D eigenvalue weighted by Crippen LogP contribution is -2.35. The number of benzene rings is 2. The predicted octanol–water partition coefficient (Wildman–Crippen LogP) is 3.50. The number of nitrogens with two attached hydrogens (primary N) is 1. The second-order valence-electron chi connectivity index (χ2n) is 5.47. The summed E-state index contributed by atoms with van der Waals surface area (Å²) in [5.41, 5.74) is 9.27. The molecule has 1 unspecified atom stereocenters. The van der Waals surface area contributed by atoms with Gasteiger partial charge in [-0.1, -0.05) is 43.3 Å². The number of nitrogens with zero attached hydrogens (tertiary/aromatic N) is 1. The predicted molar refractivity (Wildman–Crippen MR) is 86.6 cm³/mol. The number of hydrogen-bond acceptors (Lipinski definition) is 3. The van der Waals surface area contributed by atoms with E-state index in [9.17, 15) is 0 Å². The van der Waals surface area contributed by atoms with E-state index < -0.39 is 0 Å². The van der Waals surface area contributed by atoms with E-state index in [2.05, 4.69) is 54.3 Å². The normalized spacial score (nSPS) is 17.2. The van der Waals surface area contributed by atoms with Gasteiger partial charge >= 0.3 is 0 Å². The maximum Gasteiger partial charge on any atom is 0.143 e. The maximum atomic E-state index is 6.24. The Morgan fingerprint density at radius 3 is 2.71 bits per heavy atom. The van der Waals surface area contributed by atoms with Crippen LogP contribution in [0.5, 0.6) is 5.75 Å². The number of fused-ring (bicyclic) bond motifs is 1. The molecule has 3 nitrogen and oxygen atoms in total. The molecule has 0 amide bonds. The van der Waals surface area contributed by atoms with Crippen molar-refractivity contribution in [3.05, 3.63) is 59.7 Å². The summed E-state index contributed by atoms with van der Waals surface area (Å²) in [6.45, 7) is 4.69. The van der Waals surface area contributed by atoms with Gasteiger partial charge in [0, 0.05) is 13.1 Å². The summed E-state index contributed by atoms with van der Waals surface area (Å²) in [7, 11) is 0. The van der Waals surface area contributed by atoms with Crippen LogP contribution < -0.4 is 15.4 Å². The van der Waals surface area contributed by atoms with Crippen molar-refractivity contribution >= 4 is 5.69 Å². The zero-order valence-corrected chi connectivity index (χ0v) is 12.5. The van der Waals surface area contributed by atoms with Crippen LogP contribution in [0, 0.1) is 0 Å². The van der Waals surface area contributed by atoms with Gasteiger partial charge in [0.05, 0.1) is 12.2 Å². The van der Waals surface area contributed by atoms with Gasteiger partial charge in [0.25, 0.3) is 0 Å². The molecule has 0 spiro atoms. The minimum absolute atomic E-state index is 0.0817. The quantitative estimate of drug-likeness (QED) is 0.933. The average Bonchev–Trinajstić information content (AvgIpc) is 2.55. The summed E-state index contributed by atoms with van der Waals surface area (Å²) in [6, 6.07) is 16.7. The molecule has 0 saturated carbocycles. The first-order valence-corrected chi connectivity index (χ1v) is 7.61. The molecule has 0 aromatic heterocycles. The Balaban J connectivity index is 1.95. The van der Waals surface area contributed by atoms with Gasteiger partial charge in [-0.15, -0.1) is 0 Å². The molecule has 1 atom stereocenters. The molecule has 2 N–H and O–H groups in total. The lowest BCUT2D eigenvalue weighted by atomic mass is 10.0. The zero-order valence-electron chi connectivity index (χ0n) is 12.5. The van der Waals surface area contributed by atoms with Gasteiger partial charge in [-0.3, -0.25) is 0 Å². The van der Waals surface area contributed by atoms with Crippen LogP contribution in [-0.2, 0) is 6.54 Å². The molecule has 21 heavy (non-hydrogen) atoms. The standard InChI is InChI=1S/C18H22N2O/c1-2-10-20-13-18(15-6-4-3-5-7-15)21-17-11-14(12-19)8-9-16(17)20/h3-9,11,18H,2,10,12-13,19H2,1H3. The molecule has 2 aromatic rings. The molecule has 2 aromatic carbocycles. The molecule has 110 valence electrons. The van der Waals surface area contributed by atoms with E-state index in [1.54, 1.807) is 0 Å². The van der Waals surface area contributed by atoms with Gasteiger partial charge in [-0.25, -0.2) is 0 Å². The van der Waals surface area contributed by atoms with E-state index in [1.165, 1.54) is 11.3 Å². The average molecular weight is 282 g/mol. The van der Waals surface area contributed by atoms with E-state index in [0.29, 0.717) is 6.54 Å². The minimum Gasteiger partial charge on any atom is -0.482 e. The van der Waals surface area contributed by atoms with Crippen LogP contribution in [0.1, 0.15) is 30.6 Å². The van der Waals surface area contributed by atoms with E-state index in [-0.39, 0.29) is 6.10 Å². The largest absolute Gasteiger partial charge is 0.482 e. The van der Waals surface area contributed by atoms with E-state index in [1.807, 2.05) is 6.07 Å². The first kappa shape index (κ1) is 14.0. The monoisotopic (exact) mass is 282 g/mol. The Bertz CT molecular complexity index is 597. The van der Waals surface area contributed by atoms with Crippen molar-refractivity contribution in [2.24, 2.45) is 5.73 Å². The van der Waals surface area contributed by atoms with Crippen molar-refractivity contribution in [2.45, 2.75) is 26.0 Å². The third-order valence-corrected chi connectivity index (χ3v) is 3.92. The Kier molecular flexibility index (Phi) is 4.11. The highest BCUT2D eigenvalue weighted by molar-refractivity contribution is 5.61. The zero-order chi connectivity index (χ0) is 14.7. The first-order chi connectivity index (χ1) is 10.3. The molecule has 0 fully saturated rings. The van der Waals surface area contributed by atoms with Crippen molar-refractivity contribution in [1.29, 1.82) is 0 Å². The fourth-order valence-corrected chi connectivity index (χ4v) is 2.85. The summed E-state index contributed by atoms with van der Waals surface area (Å²) >= 11 is 0. The lowest BCUT2D eigenvalue weighted by molar-refractivity contribution is 0.197. The fraction of sp³-hybridized carbons (Fsp3) is 0.333. The van der Waals surface area contributed by atoms with Crippen molar-refractivity contribution in [2.75, 3.05) is 18.0 Å². The number of rotatable bonds is 4. The molecule has 0 radical (unpaired) electrons. The third-order valence-electron chi connectivity index (χ3n) is 3.92. The summed E-state index contributed by atoms with van der Waals surface area (Å²) in [5, 5.41) is 0. The maximum absolute atomic E-state index is 6.24. The second-order valence-corrected chi connectivity index (χ2v) is 5.47. The first-order valence-electron chi connectivity index (χ1n) is 7.61. The van der Waals surface area contributed by atoms with Crippen LogP contribution in [0.15, 0.2) is 48.5 Å². The topological polar surface area (TPSA) is 38.5 Å². The van der Waals surface area contributed by atoms with Crippen LogP contribution in [0.2, 0.25) is 0 Å². The highest BCUT2D eigenvalue weighted by Crippen LogP contribution is 2.38. The van der Waals surface area contributed by atoms with Gasteiger partial charge in [0.2, 0.25) is 0 Å². The van der Waals surface area contributed by atoms with Gasteiger partial charge in [-0.05, 0) is 29.7 Å². The van der Waals surface area contributed by atoms with Gasteiger partial charge in [0.15, 0.2) is 0 Å². The molecule has 1 aliphatic rings. The minimum atomic E-state index is 0.0817. The van der Waals surface area contributed by atoms with Crippen LogP contribution in [0.4, 0.5) is 5.69 Å². The van der Waals surface area contributed by atoms with E-state index >= 15 is 0 Å². The number of hydrogen-bond donors (Lipinski definition) is 1. The molecule has 3 rings (SSSR count). The Morgan fingerprint density at radius 1 is 1.19 bits per heavy atom. The lowest BCUT2D eigenvalue weighted by Gasteiger charge is -2.36. The summed E-state index contributed by atoms with van der Waals surface area (Å²) in [6.07, 6.45) is 1.21. The van der Waals surface area contributed by atoms with Crippen molar-refractivity contribution in [3.8, 4) is 5.75 Å². The van der Waals surface area contributed by atoms with E-state index in [4.69, 9.17) is 10.5 Å².